The van der Waals surface area contributed by atoms with E-state index in [9.17, 15) is 9.90 Å². The number of benzene rings is 3. The van der Waals surface area contributed by atoms with Crippen molar-refractivity contribution in [2.45, 2.75) is 30.1 Å². The van der Waals surface area contributed by atoms with Crippen molar-refractivity contribution < 1.29 is 28.8 Å². The van der Waals surface area contributed by atoms with Crippen LogP contribution in [0.25, 0.3) is 0 Å². The van der Waals surface area contributed by atoms with Crippen molar-refractivity contribution in [2.24, 2.45) is 0 Å². The first-order valence-electron chi connectivity index (χ1n) is 13.1. The maximum atomic E-state index is 12.6. The Labute approximate surface area is 237 Å². The monoisotopic (exact) mass is 559 g/mol. The minimum Gasteiger partial charge on any atom is -0.497 e. The van der Waals surface area contributed by atoms with Gasteiger partial charge in [-0.05, 0) is 47.0 Å². The van der Waals surface area contributed by atoms with Crippen LogP contribution in [0.4, 0.5) is 5.82 Å². The van der Waals surface area contributed by atoms with E-state index in [0.29, 0.717) is 11.5 Å². The van der Waals surface area contributed by atoms with Crippen LogP contribution in [0.2, 0.25) is 0 Å². The van der Waals surface area contributed by atoms with Gasteiger partial charge in [0.25, 0.3) is 0 Å². The van der Waals surface area contributed by atoms with Crippen molar-refractivity contribution in [3.8, 4) is 11.5 Å². The van der Waals surface area contributed by atoms with Crippen LogP contribution in [0.5, 0.6) is 11.5 Å². The topological polar surface area (TPSA) is 127 Å². The number of nitrogens with two attached hydrogens (primary N) is 1. The third-order valence-electron chi connectivity index (χ3n) is 7.35. The molecule has 0 saturated carbocycles. The van der Waals surface area contributed by atoms with Gasteiger partial charge in [0, 0.05) is 13.3 Å². The summed E-state index contributed by atoms with van der Waals surface area (Å²) in [6.07, 6.45) is -2.25. The number of rotatable bonds is 10. The van der Waals surface area contributed by atoms with E-state index in [2.05, 4.69) is 4.98 Å². The van der Waals surface area contributed by atoms with Crippen LogP contribution < -0.4 is 20.9 Å². The van der Waals surface area contributed by atoms with Gasteiger partial charge in [0.05, 0.1) is 20.8 Å². The summed E-state index contributed by atoms with van der Waals surface area (Å²) in [6.45, 7) is -0.0400. The second-order valence-corrected chi connectivity index (χ2v) is 9.61. The number of methoxy groups -OCH3 is 3. The molecule has 0 radical (unpaired) electrons. The molecule has 214 valence electrons. The molecule has 10 heteroatoms. The lowest BCUT2D eigenvalue weighted by atomic mass is 9.80. The molecule has 1 aliphatic heterocycles. The summed E-state index contributed by atoms with van der Waals surface area (Å²) in [5.41, 5.74) is 6.48. The van der Waals surface area contributed by atoms with Gasteiger partial charge in [0.1, 0.15) is 41.2 Å². The number of hydrogen-bond acceptors (Lipinski definition) is 9. The zero-order valence-electron chi connectivity index (χ0n) is 23.0. The standard InChI is InChI=1S/C31H33N3O7/c1-37-23-13-9-21(10-14-23)31(20-7-5-4-6-8-20,22-11-15-24(38-2)16-12-22)40-19-25-27(35)28(39-3)29(41-25)34-18-17-26(32)33-30(34)36/h4-18,25,27-29,35H,19H2,1-3H3,(H2,32,33,36)/t25-,27-,28-,29-/m1/s1. The predicted octanol–water partition coefficient (Wildman–Crippen LogP) is 3.12. The summed E-state index contributed by atoms with van der Waals surface area (Å²) in [5.74, 6) is 1.49. The molecule has 4 atom stereocenters. The summed E-state index contributed by atoms with van der Waals surface area (Å²) < 4.78 is 30.7. The SMILES string of the molecule is COc1ccc(C(OC[C@H]2O[C@@H](n3ccc(N)nc3=O)[C@H](OC)[C@@H]2O)(c2ccccc2)c2ccc(OC)cc2)cc1. The Kier molecular flexibility index (Phi) is 8.36. The third kappa shape index (κ3) is 5.42. The van der Waals surface area contributed by atoms with Crippen LogP contribution in [-0.2, 0) is 19.8 Å². The van der Waals surface area contributed by atoms with Gasteiger partial charge in [0.2, 0.25) is 0 Å². The highest BCUT2D eigenvalue weighted by atomic mass is 16.6. The van der Waals surface area contributed by atoms with Crippen LogP contribution in [0.3, 0.4) is 0 Å². The van der Waals surface area contributed by atoms with E-state index in [1.54, 1.807) is 14.2 Å². The second kappa shape index (κ2) is 12.1. The van der Waals surface area contributed by atoms with Gasteiger partial charge in [-0.1, -0.05) is 54.6 Å². The zero-order chi connectivity index (χ0) is 29.0. The molecular weight excluding hydrogens is 526 g/mol. The van der Waals surface area contributed by atoms with Gasteiger partial charge >= 0.3 is 5.69 Å². The fraction of sp³-hybridized carbons (Fsp3) is 0.290. The first-order chi connectivity index (χ1) is 19.9. The van der Waals surface area contributed by atoms with Crippen LogP contribution in [0.15, 0.2) is 95.9 Å². The Bertz CT molecular complexity index is 1450. The zero-order valence-corrected chi connectivity index (χ0v) is 23.0. The lowest BCUT2D eigenvalue weighted by Crippen LogP contribution is -2.40. The maximum absolute atomic E-state index is 12.6. The summed E-state index contributed by atoms with van der Waals surface area (Å²) in [4.78, 5) is 16.4. The molecule has 2 heterocycles. The number of aromatic nitrogens is 2. The normalized spacial score (nSPS) is 20.6. The van der Waals surface area contributed by atoms with E-state index >= 15 is 0 Å². The molecule has 5 rings (SSSR count). The van der Waals surface area contributed by atoms with Crippen LogP contribution in [-0.4, -0.2) is 60.9 Å². The van der Waals surface area contributed by atoms with E-state index < -0.39 is 35.8 Å². The van der Waals surface area contributed by atoms with Crippen LogP contribution in [0, 0.1) is 0 Å². The molecule has 0 unspecified atom stereocenters. The lowest BCUT2D eigenvalue weighted by Gasteiger charge is -2.37. The number of hydrogen-bond donors (Lipinski definition) is 2. The summed E-state index contributed by atoms with van der Waals surface area (Å²) in [7, 11) is 4.68. The number of aliphatic hydroxyl groups excluding tert-OH is 1. The van der Waals surface area contributed by atoms with Crippen molar-refractivity contribution in [1.82, 2.24) is 9.55 Å². The molecule has 1 fully saturated rings. The summed E-state index contributed by atoms with van der Waals surface area (Å²) in [5, 5.41) is 11.2. The second-order valence-electron chi connectivity index (χ2n) is 9.61. The molecule has 1 aromatic heterocycles. The number of ether oxygens (including phenoxy) is 5. The molecule has 0 aliphatic carbocycles. The Morgan fingerprint density at radius 1 is 0.878 bits per heavy atom. The third-order valence-corrected chi connectivity index (χ3v) is 7.35. The highest BCUT2D eigenvalue weighted by molar-refractivity contribution is 5.49. The predicted molar refractivity (Wildman–Crippen MR) is 152 cm³/mol. The van der Waals surface area contributed by atoms with Crippen molar-refractivity contribution >= 4 is 5.82 Å². The molecule has 0 spiro atoms. The van der Waals surface area contributed by atoms with Crippen molar-refractivity contribution in [3.05, 3.63) is 118 Å². The number of nitrogen functional groups attached to an aromatic ring is 1. The molecule has 1 saturated heterocycles. The Balaban J connectivity index is 1.56. The van der Waals surface area contributed by atoms with Crippen LogP contribution in [0.1, 0.15) is 22.9 Å². The molecule has 0 amide bonds. The number of nitrogens with zero attached hydrogens (tertiary/aromatic N) is 2. The fourth-order valence-electron chi connectivity index (χ4n) is 5.24. The van der Waals surface area contributed by atoms with Gasteiger partial charge in [-0.2, -0.15) is 4.98 Å². The Hall–Kier alpha value is -4.22. The van der Waals surface area contributed by atoms with Gasteiger partial charge in [-0.15, -0.1) is 0 Å². The average molecular weight is 560 g/mol. The van der Waals surface area contributed by atoms with Crippen molar-refractivity contribution in [1.29, 1.82) is 0 Å². The minimum absolute atomic E-state index is 0.0400. The number of anilines is 1. The number of aliphatic hydroxyl groups is 1. The molecule has 4 aromatic rings. The fourth-order valence-corrected chi connectivity index (χ4v) is 5.24. The lowest BCUT2D eigenvalue weighted by molar-refractivity contribution is -0.0966. The largest absolute Gasteiger partial charge is 0.497 e. The van der Waals surface area contributed by atoms with Crippen molar-refractivity contribution in [3.63, 3.8) is 0 Å². The van der Waals surface area contributed by atoms with E-state index in [1.807, 2.05) is 78.9 Å². The van der Waals surface area contributed by atoms with Gasteiger partial charge < -0.3 is 34.5 Å². The molecule has 3 N–H and O–H groups in total. The first-order valence-corrected chi connectivity index (χ1v) is 13.1. The van der Waals surface area contributed by atoms with E-state index in [4.69, 9.17) is 29.4 Å². The van der Waals surface area contributed by atoms with E-state index in [1.165, 1.54) is 23.9 Å². The van der Waals surface area contributed by atoms with E-state index in [0.717, 1.165) is 16.7 Å². The molecular formula is C31H33N3O7. The van der Waals surface area contributed by atoms with Crippen molar-refractivity contribution in [2.75, 3.05) is 33.7 Å². The summed E-state index contributed by atoms with van der Waals surface area (Å²) in [6, 6.07) is 26.6. The molecule has 1 aliphatic rings. The van der Waals surface area contributed by atoms with Crippen LogP contribution >= 0.6 is 0 Å². The molecule has 3 aromatic carbocycles. The molecule has 41 heavy (non-hydrogen) atoms. The first kappa shape index (κ1) is 28.3. The molecule has 0 bridgehead atoms. The van der Waals surface area contributed by atoms with Gasteiger partial charge in [-0.25, -0.2) is 4.79 Å². The Morgan fingerprint density at radius 3 is 1.95 bits per heavy atom. The Morgan fingerprint density at radius 2 is 1.44 bits per heavy atom. The van der Waals surface area contributed by atoms with E-state index in [-0.39, 0.29) is 12.4 Å². The maximum Gasteiger partial charge on any atom is 0.351 e. The highest BCUT2D eigenvalue weighted by Crippen LogP contribution is 2.43. The average Bonchev–Trinajstić information content (AvgIpc) is 3.33. The quantitative estimate of drug-likeness (QED) is 0.282. The smallest absolute Gasteiger partial charge is 0.351 e. The van der Waals surface area contributed by atoms with Gasteiger partial charge in [0.15, 0.2) is 6.23 Å². The highest BCUT2D eigenvalue weighted by Gasteiger charge is 2.47. The summed E-state index contributed by atoms with van der Waals surface area (Å²) >= 11 is 0. The molecule has 10 nitrogen and oxygen atoms in total. The minimum atomic E-state index is -1.11. The van der Waals surface area contributed by atoms with Gasteiger partial charge in [-0.3, -0.25) is 4.57 Å².